The summed E-state index contributed by atoms with van der Waals surface area (Å²) >= 11 is 0. The molecule has 4 nitrogen and oxygen atoms in total. The minimum atomic E-state index is -0.331. The molecule has 90 valence electrons. The van der Waals surface area contributed by atoms with E-state index >= 15 is 0 Å². The Hall–Kier alpha value is -0.320. The van der Waals surface area contributed by atoms with Gasteiger partial charge < -0.3 is 15.8 Å². The monoisotopic (exact) mass is 236 g/mol. The molecular formula is C10H21ClN2O2. The van der Waals surface area contributed by atoms with Crippen LogP contribution in [0.15, 0.2) is 0 Å². The van der Waals surface area contributed by atoms with Gasteiger partial charge in [0, 0.05) is 19.7 Å². The molecule has 1 saturated carbocycles. The summed E-state index contributed by atoms with van der Waals surface area (Å²) < 4.78 is 5.05. The molecule has 0 heterocycles. The van der Waals surface area contributed by atoms with Gasteiger partial charge in [-0.3, -0.25) is 4.79 Å². The number of halogens is 1. The molecule has 0 aromatic rings. The third-order valence-corrected chi connectivity index (χ3v) is 2.72. The van der Waals surface area contributed by atoms with E-state index in [0.717, 1.165) is 0 Å². The van der Waals surface area contributed by atoms with Crippen molar-refractivity contribution in [1.29, 1.82) is 0 Å². The lowest BCUT2D eigenvalue weighted by atomic mass is 10.1. The van der Waals surface area contributed by atoms with E-state index in [9.17, 15) is 4.79 Å². The van der Waals surface area contributed by atoms with Crippen LogP contribution in [0.3, 0.4) is 0 Å². The van der Waals surface area contributed by atoms with Gasteiger partial charge in [-0.2, -0.15) is 0 Å². The van der Waals surface area contributed by atoms with Gasteiger partial charge >= 0.3 is 0 Å². The lowest BCUT2D eigenvalue weighted by Crippen LogP contribution is -2.46. The Balaban J connectivity index is 0.00000196. The molecule has 2 unspecified atom stereocenters. The van der Waals surface area contributed by atoms with Crippen molar-refractivity contribution < 1.29 is 9.53 Å². The minimum Gasteiger partial charge on any atom is -0.372 e. The molecular weight excluding hydrogens is 216 g/mol. The number of ether oxygens (including phenoxy) is 1. The van der Waals surface area contributed by atoms with Crippen molar-refractivity contribution in [1.82, 2.24) is 5.32 Å². The fourth-order valence-corrected chi connectivity index (χ4v) is 1.60. The maximum atomic E-state index is 11.6. The number of rotatable bonds is 6. The van der Waals surface area contributed by atoms with Crippen LogP contribution in [0.1, 0.15) is 26.2 Å². The maximum Gasteiger partial charge on any atom is 0.249 e. The average molecular weight is 237 g/mol. The number of amides is 1. The molecule has 3 N–H and O–H groups in total. The first kappa shape index (κ1) is 14.7. The molecule has 1 fully saturated rings. The third-order valence-electron chi connectivity index (χ3n) is 2.72. The predicted molar refractivity (Wildman–Crippen MR) is 62.0 cm³/mol. The number of nitrogens with one attached hydrogen (secondary N) is 1. The van der Waals surface area contributed by atoms with Crippen LogP contribution in [0.5, 0.6) is 0 Å². The SMILES string of the molecule is CCC(OC)C(=O)NC(CN)C1CC1.Cl. The van der Waals surface area contributed by atoms with Gasteiger partial charge in [-0.15, -0.1) is 12.4 Å². The molecule has 1 amide bonds. The lowest BCUT2D eigenvalue weighted by molar-refractivity contribution is -0.132. The summed E-state index contributed by atoms with van der Waals surface area (Å²) in [6.45, 7) is 2.46. The maximum absolute atomic E-state index is 11.6. The van der Waals surface area contributed by atoms with Crippen LogP contribution in [-0.2, 0) is 9.53 Å². The van der Waals surface area contributed by atoms with Crippen LogP contribution < -0.4 is 11.1 Å². The van der Waals surface area contributed by atoms with Crippen molar-refractivity contribution in [2.75, 3.05) is 13.7 Å². The highest BCUT2D eigenvalue weighted by Gasteiger charge is 2.32. The number of hydrogen-bond donors (Lipinski definition) is 2. The standard InChI is InChI=1S/C10H20N2O2.ClH/c1-3-9(14-2)10(13)12-8(6-11)7-4-5-7;/h7-9H,3-6,11H2,1-2H3,(H,12,13);1H. The summed E-state index contributed by atoms with van der Waals surface area (Å²) in [4.78, 5) is 11.6. The largest absolute Gasteiger partial charge is 0.372 e. The molecule has 15 heavy (non-hydrogen) atoms. The highest BCUT2D eigenvalue weighted by atomic mass is 35.5. The molecule has 0 radical (unpaired) electrons. The highest BCUT2D eigenvalue weighted by Crippen LogP contribution is 2.32. The summed E-state index contributed by atoms with van der Waals surface area (Å²) in [5.74, 6) is 0.565. The average Bonchev–Trinajstić information content (AvgIpc) is 2.99. The summed E-state index contributed by atoms with van der Waals surface area (Å²) in [6.07, 6.45) is 2.74. The molecule has 1 aliphatic carbocycles. The van der Waals surface area contributed by atoms with E-state index in [1.807, 2.05) is 6.92 Å². The zero-order valence-corrected chi connectivity index (χ0v) is 10.2. The van der Waals surface area contributed by atoms with Gasteiger partial charge in [-0.25, -0.2) is 0 Å². The van der Waals surface area contributed by atoms with Gasteiger partial charge in [0.15, 0.2) is 0 Å². The number of hydrogen-bond acceptors (Lipinski definition) is 3. The fourth-order valence-electron chi connectivity index (χ4n) is 1.60. The van der Waals surface area contributed by atoms with Crippen LogP contribution in [0.2, 0.25) is 0 Å². The Morgan fingerprint density at radius 3 is 2.53 bits per heavy atom. The molecule has 0 spiro atoms. The zero-order valence-electron chi connectivity index (χ0n) is 9.36. The first-order valence-corrected chi connectivity index (χ1v) is 5.26. The van der Waals surface area contributed by atoms with Crippen molar-refractivity contribution in [3.8, 4) is 0 Å². The van der Waals surface area contributed by atoms with Gasteiger partial charge in [0.05, 0.1) is 0 Å². The van der Waals surface area contributed by atoms with Gasteiger partial charge in [-0.05, 0) is 25.2 Å². The summed E-state index contributed by atoms with van der Waals surface area (Å²) in [5, 5.41) is 2.94. The third kappa shape index (κ3) is 4.36. The first-order valence-electron chi connectivity index (χ1n) is 5.26. The van der Waals surface area contributed by atoms with E-state index in [2.05, 4.69) is 5.32 Å². The number of carbonyl (C=O) groups is 1. The number of nitrogens with two attached hydrogens (primary N) is 1. The lowest BCUT2D eigenvalue weighted by Gasteiger charge is -2.19. The van der Waals surface area contributed by atoms with Gasteiger partial charge in [-0.1, -0.05) is 6.92 Å². The van der Waals surface area contributed by atoms with Crippen LogP contribution in [-0.4, -0.2) is 31.7 Å². The second kappa shape index (κ2) is 7.04. The quantitative estimate of drug-likeness (QED) is 0.713. The van der Waals surface area contributed by atoms with Crippen LogP contribution in [0, 0.1) is 5.92 Å². The molecule has 1 aliphatic rings. The summed E-state index contributed by atoms with van der Waals surface area (Å²) in [6, 6.07) is 0.145. The van der Waals surface area contributed by atoms with E-state index in [1.54, 1.807) is 7.11 Å². The topological polar surface area (TPSA) is 64.3 Å². The smallest absolute Gasteiger partial charge is 0.249 e. The predicted octanol–water partition coefficient (Wildman–Crippen LogP) is 0.687. The molecule has 0 aromatic heterocycles. The Kier molecular flexibility index (Phi) is 6.89. The Morgan fingerprint density at radius 1 is 1.60 bits per heavy atom. The van der Waals surface area contributed by atoms with Crippen LogP contribution in [0.25, 0.3) is 0 Å². The second-order valence-corrected chi connectivity index (χ2v) is 3.82. The van der Waals surface area contributed by atoms with Gasteiger partial charge in [0.2, 0.25) is 5.91 Å². The van der Waals surface area contributed by atoms with E-state index in [-0.39, 0.29) is 30.5 Å². The zero-order chi connectivity index (χ0) is 10.6. The molecule has 0 aromatic carbocycles. The molecule has 0 saturated heterocycles. The van der Waals surface area contributed by atoms with Crippen LogP contribution in [0.4, 0.5) is 0 Å². The number of carbonyl (C=O) groups excluding carboxylic acids is 1. The van der Waals surface area contributed by atoms with Gasteiger partial charge in [0.25, 0.3) is 0 Å². The molecule has 0 aliphatic heterocycles. The normalized spacial score (nSPS) is 18.9. The first-order chi connectivity index (χ1) is 6.72. The minimum absolute atomic E-state index is 0. The number of methoxy groups -OCH3 is 1. The highest BCUT2D eigenvalue weighted by molar-refractivity contribution is 5.85. The van der Waals surface area contributed by atoms with Crippen molar-refractivity contribution in [2.45, 2.75) is 38.3 Å². The fraction of sp³-hybridized carbons (Fsp3) is 0.900. The molecule has 2 atom stereocenters. The van der Waals surface area contributed by atoms with Crippen molar-refractivity contribution in [2.24, 2.45) is 11.7 Å². The molecule has 5 heteroatoms. The molecule has 0 bridgehead atoms. The van der Waals surface area contributed by atoms with Crippen molar-refractivity contribution in [3.05, 3.63) is 0 Å². The second-order valence-electron chi connectivity index (χ2n) is 3.82. The summed E-state index contributed by atoms with van der Waals surface area (Å²) in [7, 11) is 1.56. The van der Waals surface area contributed by atoms with E-state index < -0.39 is 0 Å². The van der Waals surface area contributed by atoms with E-state index in [4.69, 9.17) is 10.5 Å². The Labute approximate surface area is 97.3 Å². The van der Waals surface area contributed by atoms with Crippen LogP contribution >= 0.6 is 12.4 Å². The van der Waals surface area contributed by atoms with Crippen molar-refractivity contribution in [3.63, 3.8) is 0 Å². The summed E-state index contributed by atoms with van der Waals surface area (Å²) in [5.41, 5.74) is 5.59. The Bertz CT molecular complexity index is 194. The van der Waals surface area contributed by atoms with Crippen molar-refractivity contribution >= 4 is 18.3 Å². The van der Waals surface area contributed by atoms with Gasteiger partial charge in [0.1, 0.15) is 6.10 Å². The van der Waals surface area contributed by atoms with E-state index in [0.29, 0.717) is 18.9 Å². The molecule has 1 rings (SSSR count). The Morgan fingerprint density at radius 2 is 2.20 bits per heavy atom. The van der Waals surface area contributed by atoms with E-state index in [1.165, 1.54) is 12.8 Å².